The Hall–Kier alpha value is -3.54. The van der Waals surface area contributed by atoms with Gasteiger partial charge in [-0.3, -0.25) is 0 Å². The van der Waals surface area contributed by atoms with Crippen molar-refractivity contribution in [3.05, 3.63) is 76.7 Å². The third-order valence-corrected chi connectivity index (χ3v) is 4.17. The van der Waals surface area contributed by atoms with Gasteiger partial charge in [-0.2, -0.15) is 0 Å². The molecule has 0 fully saturated rings. The Morgan fingerprint density at radius 2 is 1.83 bits per heavy atom. The first-order valence-corrected chi connectivity index (χ1v) is 9.34. The van der Waals surface area contributed by atoms with Crippen LogP contribution in [0.2, 0.25) is 0 Å². The minimum atomic E-state index is -0.797. The monoisotopic (exact) mass is 394 g/mol. The minimum absolute atomic E-state index is 0.128. The van der Waals surface area contributed by atoms with E-state index in [4.69, 9.17) is 18.6 Å². The van der Waals surface area contributed by atoms with Crippen LogP contribution in [-0.2, 0) is 0 Å². The average molecular weight is 394 g/mol. The number of hydrogen-bond acceptors (Lipinski definition) is 6. The van der Waals surface area contributed by atoms with E-state index >= 15 is 0 Å². The highest BCUT2D eigenvalue weighted by Gasteiger charge is 2.23. The van der Waals surface area contributed by atoms with Gasteiger partial charge in [0, 0.05) is 0 Å². The zero-order valence-corrected chi connectivity index (χ0v) is 16.3. The van der Waals surface area contributed by atoms with E-state index in [9.17, 15) is 9.59 Å². The van der Waals surface area contributed by atoms with Gasteiger partial charge in [0.2, 0.25) is 0 Å². The molecule has 0 saturated carbocycles. The third-order valence-electron chi connectivity index (χ3n) is 4.17. The van der Waals surface area contributed by atoms with Crippen LogP contribution < -0.4 is 19.8 Å². The Morgan fingerprint density at radius 1 is 1.03 bits per heavy atom. The first-order chi connectivity index (χ1) is 14.2. The fourth-order valence-corrected chi connectivity index (χ4v) is 2.81. The van der Waals surface area contributed by atoms with Crippen molar-refractivity contribution in [1.82, 2.24) is 0 Å². The highest BCUT2D eigenvalue weighted by molar-refractivity contribution is 5.95. The van der Waals surface area contributed by atoms with E-state index in [1.807, 2.05) is 19.1 Å². The first kappa shape index (κ1) is 20.2. The van der Waals surface area contributed by atoms with E-state index in [0.29, 0.717) is 29.7 Å². The van der Waals surface area contributed by atoms with Gasteiger partial charge >= 0.3 is 11.6 Å². The molecule has 1 heterocycles. The van der Waals surface area contributed by atoms with Crippen LogP contribution in [0.15, 0.2) is 69.9 Å². The summed E-state index contributed by atoms with van der Waals surface area (Å²) in [4.78, 5) is 25.1. The summed E-state index contributed by atoms with van der Waals surface area (Å²) >= 11 is 0. The molecule has 0 atom stereocenters. The molecule has 0 amide bonds. The predicted octanol–water partition coefficient (Wildman–Crippen LogP) is 4.76. The number of carbonyl (C=O) groups excluding carboxylic acids is 1. The number of carbonyl (C=O) groups is 1. The van der Waals surface area contributed by atoms with Crippen molar-refractivity contribution in [2.24, 2.45) is 0 Å². The Morgan fingerprint density at radius 3 is 2.55 bits per heavy atom. The van der Waals surface area contributed by atoms with Crippen molar-refractivity contribution in [3.8, 4) is 17.2 Å². The number of esters is 1. The lowest BCUT2D eigenvalue weighted by molar-refractivity contribution is 0.0721. The molecule has 29 heavy (non-hydrogen) atoms. The summed E-state index contributed by atoms with van der Waals surface area (Å²) in [5.74, 6) is -0.400. The molecule has 6 heteroatoms. The van der Waals surface area contributed by atoms with Gasteiger partial charge in [0.1, 0.15) is 16.7 Å². The van der Waals surface area contributed by atoms with Crippen LogP contribution in [0.3, 0.4) is 0 Å². The molecule has 0 aliphatic carbocycles. The average Bonchev–Trinajstić information content (AvgIpc) is 2.75. The van der Waals surface area contributed by atoms with Crippen LogP contribution in [-0.4, -0.2) is 19.7 Å². The van der Waals surface area contributed by atoms with E-state index < -0.39 is 11.6 Å². The number of benzene rings is 2. The van der Waals surface area contributed by atoms with Crippen molar-refractivity contribution in [2.45, 2.75) is 19.8 Å². The first-order valence-electron chi connectivity index (χ1n) is 9.34. The van der Waals surface area contributed by atoms with Gasteiger partial charge in [-0.1, -0.05) is 43.3 Å². The maximum absolute atomic E-state index is 12.6. The third kappa shape index (κ3) is 4.66. The predicted molar refractivity (Wildman–Crippen MR) is 110 cm³/mol. The van der Waals surface area contributed by atoms with Crippen LogP contribution >= 0.6 is 0 Å². The summed E-state index contributed by atoms with van der Waals surface area (Å²) in [5, 5.41) is 0.435. The van der Waals surface area contributed by atoms with Crippen molar-refractivity contribution in [3.63, 3.8) is 0 Å². The lowest BCUT2D eigenvalue weighted by Gasteiger charge is -2.14. The second kappa shape index (κ2) is 9.59. The van der Waals surface area contributed by atoms with E-state index in [-0.39, 0.29) is 17.1 Å². The number of methoxy groups -OCH3 is 1. The van der Waals surface area contributed by atoms with Gasteiger partial charge in [0.25, 0.3) is 5.75 Å². The van der Waals surface area contributed by atoms with Gasteiger partial charge in [0.15, 0.2) is 5.75 Å². The smallest absolute Gasteiger partial charge is 0.383 e. The maximum Gasteiger partial charge on any atom is 0.383 e. The number of hydrogen-bond donors (Lipinski definition) is 0. The number of fused-ring (bicyclic) bond motifs is 1. The van der Waals surface area contributed by atoms with E-state index in [2.05, 4.69) is 0 Å². The molecule has 0 unspecified atom stereocenters. The number of ether oxygens (including phenoxy) is 3. The summed E-state index contributed by atoms with van der Waals surface area (Å²) in [5.41, 5.74) is -0.203. The second-order valence-electron chi connectivity index (χ2n) is 6.15. The summed E-state index contributed by atoms with van der Waals surface area (Å²) in [6.07, 6.45) is 5.57. The lowest BCUT2D eigenvalue weighted by atomic mass is 10.2. The van der Waals surface area contributed by atoms with Crippen molar-refractivity contribution in [2.75, 3.05) is 13.7 Å². The molecule has 0 N–H and O–H groups in total. The number of rotatable bonds is 8. The van der Waals surface area contributed by atoms with Gasteiger partial charge in [-0.15, -0.1) is 0 Å². The van der Waals surface area contributed by atoms with Crippen LogP contribution in [0.25, 0.3) is 11.0 Å². The zero-order chi connectivity index (χ0) is 20.6. The maximum atomic E-state index is 12.6. The Kier molecular flexibility index (Phi) is 6.68. The summed E-state index contributed by atoms with van der Waals surface area (Å²) in [7, 11) is 1.50. The van der Waals surface area contributed by atoms with Gasteiger partial charge in [-0.25, -0.2) is 9.59 Å². The molecular weight excluding hydrogens is 372 g/mol. The van der Waals surface area contributed by atoms with Crippen LogP contribution in [0, 0.1) is 0 Å². The summed E-state index contributed by atoms with van der Waals surface area (Å²) in [6, 6.07) is 13.4. The Labute approximate surface area is 168 Å². The van der Waals surface area contributed by atoms with Crippen molar-refractivity contribution in [1.29, 1.82) is 0 Å². The lowest BCUT2D eigenvalue weighted by Crippen LogP contribution is -2.16. The van der Waals surface area contributed by atoms with Gasteiger partial charge in [-0.05, 0) is 37.1 Å². The van der Waals surface area contributed by atoms with Crippen molar-refractivity contribution < 1.29 is 23.4 Å². The summed E-state index contributed by atoms with van der Waals surface area (Å²) in [6.45, 7) is 2.34. The molecule has 3 rings (SSSR count). The van der Waals surface area contributed by atoms with Gasteiger partial charge < -0.3 is 18.6 Å². The SMILES string of the molecule is CC/C=C/CCOc1c(OC(=O)c2ccccc2)c(=O)oc2cccc(OC)c12. The molecule has 0 radical (unpaired) electrons. The van der Waals surface area contributed by atoms with E-state index in [1.54, 1.807) is 48.5 Å². The van der Waals surface area contributed by atoms with E-state index in [1.165, 1.54) is 7.11 Å². The quantitative estimate of drug-likeness (QED) is 0.237. The molecule has 0 saturated heterocycles. The Bertz CT molecular complexity index is 1070. The van der Waals surface area contributed by atoms with Gasteiger partial charge in [0.05, 0.1) is 19.3 Å². The van der Waals surface area contributed by atoms with Crippen LogP contribution in [0.5, 0.6) is 17.2 Å². The van der Waals surface area contributed by atoms with E-state index in [0.717, 1.165) is 6.42 Å². The zero-order valence-electron chi connectivity index (χ0n) is 16.3. The van der Waals surface area contributed by atoms with Crippen LogP contribution in [0.1, 0.15) is 30.1 Å². The Balaban J connectivity index is 2.05. The molecule has 1 aromatic heterocycles. The molecule has 3 aromatic rings. The topological polar surface area (TPSA) is 75.0 Å². The largest absolute Gasteiger partial charge is 0.496 e. The molecule has 150 valence electrons. The summed E-state index contributed by atoms with van der Waals surface area (Å²) < 4.78 is 22.0. The molecule has 2 aromatic carbocycles. The fraction of sp³-hybridized carbons (Fsp3) is 0.217. The molecule has 0 bridgehead atoms. The molecule has 0 aliphatic rings. The molecule has 6 nitrogen and oxygen atoms in total. The highest BCUT2D eigenvalue weighted by atomic mass is 16.6. The second-order valence-corrected chi connectivity index (χ2v) is 6.15. The fourth-order valence-electron chi connectivity index (χ4n) is 2.81. The molecule has 0 spiro atoms. The normalized spacial score (nSPS) is 11.0. The molecular formula is C23H22O6. The minimum Gasteiger partial charge on any atom is -0.496 e. The number of allylic oxidation sites excluding steroid dienone is 1. The molecule has 0 aliphatic heterocycles. The standard InChI is InChI=1S/C23H22O6/c1-3-4-5-9-15-27-20-19-17(26-2)13-10-14-18(19)28-23(25)21(20)29-22(24)16-11-7-6-8-12-16/h4-8,10-14H,3,9,15H2,1-2H3/b5-4+. The highest BCUT2D eigenvalue weighted by Crippen LogP contribution is 2.39. The van der Waals surface area contributed by atoms with Crippen molar-refractivity contribution >= 4 is 16.9 Å². The van der Waals surface area contributed by atoms with Crippen LogP contribution in [0.4, 0.5) is 0 Å².